The Morgan fingerprint density at radius 1 is 0.952 bits per heavy atom. The van der Waals surface area contributed by atoms with E-state index in [1.807, 2.05) is 0 Å². The van der Waals surface area contributed by atoms with E-state index in [0.29, 0.717) is 6.04 Å². The highest BCUT2D eigenvalue weighted by atomic mass is 15.4. The van der Waals surface area contributed by atoms with Crippen molar-refractivity contribution in [1.82, 2.24) is 5.01 Å². The summed E-state index contributed by atoms with van der Waals surface area (Å²) < 4.78 is 0. The highest BCUT2D eigenvalue weighted by molar-refractivity contribution is 5.72. The molecule has 2 unspecified atom stereocenters. The smallest absolute Gasteiger partial charge is 0.0543 e. The van der Waals surface area contributed by atoms with Crippen molar-refractivity contribution in [2.75, 3.05) is 0 Å². The first-order valence-electron chi connectivity index (χ1n) is 7.63. The Bertz CT molecular complexity index is 704. The zero-order valence-electron chi connectivity index (χ0n) is 12.1. The lowest BCUT2D eigenvalue weighted by Gasteiger charge is -2.31. The fourth-order valence-corrected chi connectivity index (χ4v) is 3.89. The Kier molecular flexibility index (Phi) is 2.95. The van der Waals surface area contributed by atoms with Gasteiger partial charge < -0.3 is 0 Å². The molecule has 106 valence electrons. The summed E-state index contributed by atoms with van der Waals surface area (Å²) in [6, 6.07) is 17.8. The molecule has 2 nitrogen and oxygen atoms in total. The van der Waals surface area contributed by atoms with Crippen LogP contribution in [0.4, 0.5) is 0 Å². The molecule has 2 N–H and O–H groups in total. The van der Waals surface area contributed by atoms with Crippen molar-refractivity contribution < 1.29 is 0 Å². The van der Waals surface area contributed by atoms with E-state index in [-0.39, 0.29) is 6.04 Å². The van der Waals surface area contributed by atoms with Gasteiger partial charge in [0.2, 0.25) is 0 Å². The second-order valence-corrected chi connectivity index (χ2v) is 6.11. The molecule has 0 saturated heterocycles. The van der Waals surface area contributed by atoms with Gasteiger partial charge in [-0.1, -0.05) is 55.1 Å². The van der Waals surface area contributed by atoms with Gasteiger partial charge in [-0.15, -0.1) is 0 Å². The maximum absolute atomic E-state index is 6.57. The minimum absolute atomic E-state index is 0.254. The van der Waals surface area contributed by atoms with Crippen LogP contribution in [0.3, 0.4) is 0 Å². The summed E-state index contributed by atoms with van der Waals surface area (Å²) in [5, 5.41) is 2.07. The van der Waals surface area contributed by atoms with Crippen LogP contribution in [0.1, 0.15) is 47.2 Å². The maximum atomic E-state index is 6.57. The van der Waals surface area contributed by atoms with Crippen LogP contribution >= 0.6 is 0 Å². The fraction of sp³-hybridized carbons (Fsp3) is 0.263. The molecule has 2 aliphatic rings. The van der Waals surface area contributed by atoms with Crippen LogP contribution in [-0.2, 0) is 6.42 Å². The molecule has 0 saturated carbocycles. The minimum atomic E-state index is 0.254. The third-order valence-corrected chi connectivity index (χ3v) is 4.96. The number of hydrogen-bond acceptors (Lipinski definition) is 2. The molecule has 4 rings (SSSR count). The highest BCUT2D eigenvalue weighted by Gasteiger charge is 2.35. The molecule has 21 heavy (non-hydrogen) atoms. The van der Waals surface area contributed by atoms with Gasteiger partial charge in [-0.3, -0.25) is 5.84 Å². The van der Waals surface area contributed by atoms with Gasteiger partial charge in [0.15, 0.2) is 0 Å². The summed E-state index contributed by atoms with van der Waals surface area (Å²) in [5.74, 6) is 6.57. The quantitative estimate of drug-likeness (QED) is 0.663. The van der Waals surface area contributed by atoms with Crippen molar-refractivity contribution in [3.05, 3.63) is 77.4 Å². The normalized spacial score (nSPS) is 23.4. The Balaban J connectivity index is 1.68. The molecule has 2 aliphatic carbocycles. The Morgan fingerprint density at radius 2 is 1.67 bits per heavy atom. The highest BCUT2D eigenvalue weighted by Crippen LogP contribution is 2.45. The lowest BCUT2D eigenvalue weighted by atomic mass is 10.0. The zero-order valence-corrected chi connectivity index (χ0v) is 12.1. The third-order valence-electron chi connectivity index (χ3n) is 4.96. The van der Waals surface area contributed by atoms with Crippen LogP contribution < -0.4 is 5.84 Å². The first kappa shape index (κ1) is 12.8. The summed E-state index contributed by atoms with van der Waals surface area (Å²) in [6.07, 6.45) is 3.18. The monoisotopic (exact) mass is 276 g/mol. The van der Waals surface area contributed by atoms with E-state index >= 15 is 0 Å². The average Bonchev–Trinajstić information content (AvgIpc) is 3.09. The van der Waals surface area contributed by atoms with Crippen LogP contribution in [-0.4, -0.2) is 5.01 Å². The lowest BCUT2D eigenvalue weighted by Crippen LogP contribution is -2.37. The van der Waals surface area contributed by atoms with E-state index in [0.717, 1.165) is 19.3 Å². The minimum Gasteiger partial charge on any atom is -0.268 e. The van der Waals surface area contributed by atoms with Crippen LogP contribution in [0.2, 0.25) is 0 Å². The summed E-state index contributed by atoms with van der Waals surface area (Å²) >= 11 is 0. The lowest BCUT2D eigenvalue weighted by molar-refractivity contribution is 0.140. The number of fused-ring (bicyclic) bond motifs is 2. The number of aryl methyl sites for hydroxylation is 1. The number of hydrogen-bond donors (Lipinski definition) is 1. The summed E-state index contributed by atoms with van der Waals surface area (Å²) in [6.45, 7) is 4.22. The van der Waals surface area contributed by atoms with Crippen molar-refractivity contribution in [2.45, 2.75) is 31.3 Å². The predicted octanol–water partition coefficient (Wildman–Crippen LogP) is 4.01. The maximum Gasteiger partial charge on any atom is 0.0543 e. The Labute approximate surface area is 125 Å². The Morgan fingerprint density at radius 3 is 2.52 bits per heavy atom. The number of nitrogens with two attached hydrogens (primary N) is 1. The largest absolute Gasteiger partial charge is 0.268 e. The molecule has 0 aromatic heterocycles. The molecular formula is C19H20N2. The summed E-state index contributed by atoms with van der Waals surface area (Å²) in [5.41, 5.74) is 6.66. The fourth-order valence-electron chi connectivity index (χ4n) is 3.89. The van der Waals surface area contributed by atoms with Gasteiger partial charge in [-0.25, -0.2) is 5.01 Å². The average molecular weight is 276 g/mol. The van der Waals surface area contributed by atoms with Crippen molar-refractivity contribution in [2.24, 2.45) is 5.84 Å². The predicted molar refractivity (Wildman–Crippen MR) is 86.4 cm³/mol. The second-order valence-electron chi connectivity index (χ2n) is 6.11. The van der Waals surface area contributed by atoms with E-state index in [4.69, 9.17) is 5.84 Å². The van der Waals surface area contributed by atoms with E-state index in [1.165, 1.54) is 27.8 Å². The Hall–Kier alpha value is -1.90. The van der Waals surface area contributed by atoms with Gasteiger partial charge in [0.1, 0.15) is 0 Å². The topological polar surface area (TPSA) is 29.3 Å². The molecule has 0 bridgehead atoms. The molecule has 0 fully saturated rings. The molecule has 2 aromatic carbocycles. The van der Waals surface area contributed by atoms with Gasteiger partial charge in [0.25, 0.3) is 0 Å². The first-order valence-corrected chi connectivity index (χ1v) is 7.63. The number of nitrogens with zero attached hydrogens (tertiary/aromatic N) is 1. The third kappa shape index (κ3) is 1.95. The zero-order chi connectivity index (χ0) is 14.4. The van der Waals surface area contributed by atoms with Gasteiger partial charge in [-0.2, -0.15) is 0 Å². The van der Waals surface area contributed by atoms with Crippen LogP contribution in [0, 0.1) is 0 Å². The molecule has 0 aliphatic heterocycles. The van der Waals surface area contributed by atoms with Crippen molar-refractivity contribution in [3.63, 3.8) is 0 Å². The van der Waals surface area contributed by atoms with E-state index in [2.05, 4.69) is 60.1 Å². The van der Waals surface area contributed by atoms with Gasteiger partial charge in [-0.05, 0) is 47.1 Å². The van der Waals surface area contributed by atoms with Crippen molar-refractivity contribution >= 4 is 5.57 Å². The summed E-state index contributed by atoms with van der Waals surface area (Å²) in [7, 11) is 0. The number of hydrazine groups is 1. The second kappa shape index (κ2) is 4.83. The summed E-state index contributed by atoms with van der Waals surface area (Å²) in [4.78, 5) is 0. The van der Waals surface area contributed by atoms with Gasteiger partial charge in [0, 0.05) is 0 Å². The molecule has 0 heterocycles. The van der Waals surface area contributed by atoms with Crippen LogP contribution in [0.5, 0.6) is 0 Å². The molecule has 2 heteroatoms. The number of benzene rings is 2. The molecule has 0 spiro atoms. The van der Waals surface area contributed by atoms with Crippen molar-refractivity contribution in [1.29, 1.82) is 0 Å². The standard InChI is InChI=1S/C19H20N2/c1-13-12-19(17-9-5-4-7-15(13)17)21(20)18-11-10-14-6-2-3-8-16(14)18/h2-9,18-19H,1,10-12,20H2. The van der Waals surface area contributed by atoms with Crippen molar-refractivity contribution in [3.8, 4) is 0 Å². The molecule has 2 atom stereocenters. The first-order chi connectivity index (χ1) is 10.3. The van der Waals surface area contributed by atoms with E-state index < -0.39 is 0 Å². The van der Waals surface area contributed by atoms with E-state index in [9.17, 15) is 0 Å². The molecule has 0 amide bonds. The van der Waals surface area contributed by atoms with Gasteiger partial charge in [0.05, 0.1) is 12.1 Å². The van der Waals surface area contributed by atoms with Gasteiger partial charge >= 0.3 is 0 Å². The van der Waals surface area contributed by atoms with Crippen LogP contribution in [0.25, 0.3) is 5.57 Å². The molecule has 0 radical (unpaired) electrons. The van der Waals surface area contributed by atoms with E-state index in [1.54, 1.807) is 0 Å². The SMILES string of the molecule is C=C1CC(N(N)C2CCc3ccccc32)c2ccccc21. The number of rotatable bonds is 2. The molecule has 2 aromatic rings. The molecular weight excluding hydrogens is 256 g/mol. The van der Waals surface area contributed by atoms with Crippen LogP contribution in [0.15, 0.2) is 55.1 Å².